The third kappa shape index (κ3) is 5.52. The molecule has 2 nitrogen and oxygen atoms in total. The standard InChI is InChI=1S/C14H20INO/c1-12-8-4-5-9-13(12)14(17)16-11-7-3-2-6-10-15/h4-5,8-9H,2-3,6-7,10-11H2,1H3,(H,16,17). The number of hydrogen-bond donors (Lipinski definition) is 1. The Morgan fingerprint density at radius 3 is 2.59 bits per heavy atom. The molecule has 0 bridgehead atoms. The van der Waals surface area contributed by atoms with Gasteiger partial charge in [-0.2, -0.15) is 0 Å². The van der Waals surface area contributed by atoms with Gasteiger partial charge in [0.25, 0.3) is 5.91 Å². The third-order valence-corrected chi connectivity index (χ3v) is 3.50. The molecule has 0 spiro atoms. The molecule has 1 aromatic carbocycles. The second kappa shape index (κ2) is 8.50. The van der Waals surface area contributed by atoms with Crippen LogP contribution in [0.4, 0.5) is 0 Å². The fourth-order valence-electron chi connectivity index (χ4n) is 1.70. The fourth-order valence-corrected chi connectivity index (χ4v) is 2.24. The molecule has 1 rings (SSSR count). The van der Waals surface area contributed by atoms with Gasteiger partial charge in [0, 0.05) is 12.1 Å². The summed E-state index contributed by atoms with van der Waals surface area (Å²) in [7, 11) is 0. The van der Waals surface area contributed by atoms with E-state index in [0.717, 1.165) is 24.1 Å². The van der Waals surface area contributed by atoms with Crippen molar-refractivity contribution in [2.75, 3.05) is 11.0 Å². The molecule has 0 radical (unpaired) electrons. The molecule has 0 saturated heterocycles. The second-order valence-corrected chi connectivity index (χ2v) is 5.25. The highest BCUT2D eigenvalue weighted by atomic mass is 127. The van der Waals surface area contributed by atoms with E-state index in [0.29, 0.717) is 0 Å². The molecule has 0 fully saturated rings. The van der Waals surface area contributed by atoms with E-state index in [1.54, 1.807) is 0 Å². The molecule has 1 amide bonds. The Morgan fingerprint density at radius 1 is 1.18 bits per heavy atom. The molecular weight excluding hydrogens is 325 g/mol. The largest absolute Gasteiger partial charge is 0.352 e. The van der Waals surface area contributed by atoms with Gasteiger partial charge < -0.3 is 5.32 Å². The summed E-state index contributed by atoms with van der Waals surface area (Å²) in [5, 5.41) is 2.98. The van der Waals surface area contributed by atoms with E-state index >= 15 is 0 Å². The molecule has 0 aromatic heterocycles. The summed E-state index contributed by atoms with van der Waals surface area (Å²) in [6.45, 7) is 2.75. The van der Waals surface area contributed by atoms with Crippen molar-refractivity contribution in [1.82, 2.24) is 5.32 Å². The highest BCUT2D eigenvalue weighted by Gasteiger charge is 2.06. The van der Waals surface area contributed by atoms with Gasteiger partial charge in [-0.05, 0) is 35.8 Å². The van der Waals surface area contributed by atoms with Crippen LogP contribution >= 0.6 is 22.6 Å². The molecule has 17 heavy (non-hydrogen) atoms. The molecule has 94 valence electrons. The van der Waals surface area contributed by atoms with Crippen LogP contribution in [0.5, 0.6) is 0 Å². The number of halogens is 1. The summed E-state index contributed by atoms with van der Waals surface area (Å²) in [4.78, 5) is 11.8. The van der Waals surface area contributed by atoms with E-state index in [1.807, 2.05) is 31.2 Å². The normalized spacial score (nSPS) is 10.2. The Labute approximate surface area is 117 Å². The summed E-state index contributed by atoms with van der Waals surface area (Å²) in [6, 6.07) is 7.70. The second-order valence-electron chi connectivity index (χ2n) is 4.17. The molecule has 0 heterocycles. The van der Waals surface area contributed by atoms with E-state index in [9.17, 15) is 4.79 Å². The zero-order valence-corrected chi connectivity index (χ0v) is 12.5. The molecule has 1 N–H and O–H groups in total. The van der Waals surface area contributed by atoms with Gasteiger partial charge in [-0.3, -0.25) is 4.79 Å². The first-order chi connectivity index (χ1) is 8.25. The van der Waals surface area contributed by atoms with Crippen LogP contribution in [0, 0.1) is 6.92 Å². The number of benzene rings is 1. The maximum Gasteiger partial charge on any atom is 0.251 e. The number of aryl methyl sites for hydroxylation is 1. The first-order valence-corrected chi connectivity index (χ1v) is 7.68. The third-order valence-electron chi connectivity index (χ3n) is 2.74. The smallest absolute Gasteiger partial charge is 0.251 e. The van der Waals surface area contributed by atoms with Crippen LogP contribution in [0.3, 0.4) is 0 Å². The molecular formula is C14H20INO. The lowest BCUT2D eigenvalue weighted by molar-refractivity contribution is 0.0952. The molecule has 3 heteroatoms. The highest BCUT2D eigenvalue weighted by Crippen LogP contribution is 2.06. The summed E-state index contributed by atoms with van der Waals surface area (Å²) in [6.07, 6.45) is 4.83. The lowest BCUT2D eigenvalue weighted by atomic mass is 10.1. The zero-order valence-electron chi connectivity index (χ0n) is 10.3. The van der Waals surface area contributed by atoms with Crippen LogP contribution in [-0.2, 0) is 0 Å². The Morgan fingerprint density at radius 2 is 1.88 bits per heavy atom. The van der Waals surface area contributed by atoms with Crippen molar-refractivity contribution in [2.45, 2.75) is 32.6 Å². The van der Waals surface area contributed by atoms with Gasteiger partial charge in [0.1, 0.15) is 0 Å². The number of unbranched alkanes of at least 4 members (excludes halogenated alkanes) is 3. The number of carbonyl (C=O) groups excluding carboxylic acids is 1. The van der Waals surface area contributed by atoms with Crippen LogP contribution in [0.1, 0.15) is 41.6 Å². The lowest BCUT2D eigenvalue weighted by Gasteiger charge is -2.07. The molecule has 0 atom stereocenters. The summed E-state index contributed by atoms with van der Waals surface area (Å²) < 4.78 is 1.23. The van der Waals surface area contributed by atoms with E-state index in [4.69, 9.17) is 0 Å². The summed E-state index contributed by atoms with van der Waals surface area (Å²) >= 11 is 2.40. The zero-order chi connectivity index (χ0) is 12.5. The minimum Gasteiger partial charge on any atom is -0.352 e. The van der Waals surface area contributed by atoms with Crippen molar-refractivity contribution in [3.05, 3.63) is 35.4 Å². The van der Waals surface area contributed by atoms with Crippen molar-refractivity contribution in [2.24, 2.45) is 0 Å². The molecule has 0 aliphatic heterocycles. The van der Waals surface area contributed by atoms with Gasteiger partial charge >= 0.3 is 0 Å². The number of amides is 1. The maximum absolute atomic E-state index is 11.8. The van der Waals surface area contributed by atoms with Crippen LogP contribution < -0.4 is 5.32 Å². The number of carbonyl (C=O) groups is 1. The van der Waals surface area contributed by atoms with Gasteiger partial charge in [0.05, 0.1) is 0 Å². The Bertz CT molecular complexity index is 352. The van der Waals surface area contributed by atoms with Crippen molar-refractivity contribution in [3.8, 4) is 0 Å². The Hall–Kier alpha value is -0.580. The first kappa shape index (κ1) is 14.5. The number of hydrogen-bond acceptors (Lipinski definition) is 1. The van der Waals surface area contributed by atoms with Gasteiger partial charge in [0.15, 0.2) is 0 Å². The van der Waals surface area contributed by atoms with E-state index in [1.165, 1.54) is 23.7 Å². The summed E-state index contributed by atoms with van der Waals surface area (Å²) in [5.41, 5.74) is 1.83. The van der Waals surface area contributed by atoms with Gasteiger partial charge in [-0.15, -0.1) is 0 Å². The van der Waals surface area contributed by atoms with Crippen LogP contribution in [0.15, 0.2) is 24.3 Å². The Kier molecular flexibility index (Phi) is 7.24. The molecule has 0 unspecified atom stereocenters. The summed E-state index contributed by atoms with van der Waals surface area (Å²) in [5.74, 6) is 0.0528. The van der Waals surface area contributed by atoms with Crippen LogP contribution in [0.2, 0.25) is 0 Å². The minimum atomic E-state index is 0.0528. The van der Waals surface area contributed by atoms with Crippen molar-refractivity contribution < 1.29 is 4.79 Å². The highest BCUT2D eigenvalue weighted by molar-refractivity contribution is 14.1. The van der Waals surface area contributed by atoms with Gasteiger partial charge in [-0.1, -0.05) is 53.6 Å². The fraction of sp³-hybridized carbons (Fsp3) is 0.500. The Balaban J connectivity index is 2.24. The molecule has 0 aliphatic rings. The average molecular weight is 345 g/mol. The molecule has 0 aliphatic carbocycles. The van der Waals surface area contributed by atoms with Crippen LogP contribution in [0.25, 0.3) is 0 Å². The number of nitrogens with one attached hydrogen (secondary N) is 1. The van der Waals surface area contributed by atoms with Crippen molar-refractivity contribution >= 4 is 28.5 Å². The van der Waals surface area contributed by atoms with E-state index in [2.05, 4.69) is 27.9 Å². The monoisotopic (exact) mass is 345 g/mol. The van der Waals surface area contributed by atoms with E-state index < -0.39 is 0 Å². The van der Waals surface area contributed by atoms with Crippen molar-refractivity contribution in [3.63, 3.8) is 0 Å². The quantitative estimate of drug-likeness (QED) is 0.456. The minimum absolute atomic E-state index is 0.0528. The molecule has 1 aromatic rings. The predicted octanol–water partition coefficient (Wildman–Crippen LogP) is 3.72. The number of alkyl halides is 1. The SMILES string of the molecule is Cc1ccccc1C(=O)NCCCCCCI. The van der Waals surface area contributed by atoms with Crippen LogP contribution in [-0.4, -0.2) is 16.9 Å². The van der Waals surface area contributed by atoms with Gasteiger partial charge in [-0.25, -0.2) is 0 Å². The predicted molar refractivity (Wildman–Crippen MR) is 80.9 cm³/mol. The maximum atomic E-state index is 11.8. The van der Waals surface area contributed by atoms with Crippen molar-refractivity contribution in [1.29, 1.82) is 0 Å². The van der Waals surface area contributed by atoms with E-state index in [-0.39, 0.29) is 5.91 Å². The van der Waals surface area contributed by atoms with Gasteiger partial charge in [0.2, 0.25) is 0 Å². The first-order valence-electron chi connectivity index (χ1n) is 6.15. The molecule has 0 saturated carbocycles. The topological polar surface area (TPSA) is 29.1 Å². The average Bonchev–Trinajstić information content (AvgIpc) is 2.34. The lowest BCUT2D eigenvalue weighted by Crippen LogP contribution is -2.25. The number of rotatable bonds is 7.